The first kappa shape index (κ1) is 32.2. The van der Waals surface area contributed by atoms with Crippen LogP contribution < -0.4 is 16.4 Å². The molecule has 3 heterocycles. The average molecular weight is 641 g/mol. The molecule has 0 saturated carbocycles. The van der Waals surface area contributed by atoms with E-state index in [0.717, 1.165) is 48.7 Å². The molecule has 2 atom stereocenters. The highest BCUT2D eigenvalue weighted by atomic mass is 35.5. The van der Waals surface area contributed by atoms with Gasteiger partial charge in [0.1, 0.15) is 22.3 Å². The van der Waals surface area contributed by atoms with Gasteiger partial charge in [0.25, 0.3) is 0 Å². The third kappa shape index (κ3) is 7.09. The minimum Gasteiger partial charge on any atom is -0.382 e. The Hall–Kier alpha value is -2.68. The second kappa shape index (κ2) is 13.3. The van der Waals surface area contributed by atoms with Gasteiger partial charge >= 0.3 is 0 Å². The Morgan fingerprint density at radius 3 is 2.26 bits per heavy atom. The van der Waals surface area contributed by atoms with Crippen molar-refractivity contribution in [1.82, 2.24) is 19.5 Å². The number of nitrogens with one attached hydrogen (secondary N) is 2. The average Bonchev–Trinajstić information content (AvgIpc) is 3.28. The van der Waals surface area contributed by atoms with E-state index in [1.165, 1.54) is 10.4 Å². The number of benzene rings is 2. The zero-order valence-electron chi connectivity index (χ0n) is 23.3. The lowest BCUT2D eigenvalue weighted by Gasteiger charge is -2.36. The fourth-order valence-electron chi connectivity index (χ4n) is 5.54. The summed E-state index contributed by atoms with van der Waals surface area (Å²) in [5.74, 6) is -2.92. The van der Waals surface area contributed by atoms with Crippen LogP contribution in [0.2, 0.25) is 0 Å². The number of hydrogen-bond donors (Lipinski definition) is 3. The molecule has 42 heavy (non-hydrogen) atoms. The van der Waals surface area contributed by atoms with Gasteiger partial charge in [-0.2, -0.15) is 4.31 Å². The largest absolute Gasteiger partial charge is 0.382 e. The molecule has 2 aliphatic heterocycles. The topological polar surface area (TPSA) is 121 Å². The van der Waals surface area contributed by atoms with E-state index < -0.39 is 33.0 Å². The van der Waals surface area contributed by atoms with E-state index in [1.807, 2.05) is 12.1 Å². The van der Waals surface area contributed by atoms with Crippen LogP contribution in [0.25, 0.3) is 0 Å². The van der Waals surface area contributed by atoms with Gasteiger partial charge in [-0.1, -0.05) is 29.5 Å². The van der Waals surface area contributed by atoms with E-state index in [9.17, 15) is 22.0 Å². The zero-order chi connectivity index (χ0) is 29.3. The molecule has 0 amide bonds. The highest BCUT2D eigenvalue weighted by Gasteiger charge is 2.31. The van der Waals surface area contributed by atoms with E-state index in [1.54, 1.807) is 12.1 Å². The lowest BCUT2D eigenvalue weighted by Crippen LogP contribution is -2.53. The molecule has 4 N–H and O–H groups in total. The fourth-order valence-corrected chi connectivity index (χ4v) is 7.92. The Morgan fingerprint density at radius 1 is 1.07 bits per heavy atom. The van der Waals surface area contributed by atoms with Crippen molar-refractivity contribution < 1.29 is 22.0 Å². The van der Waals surface area contributed by atoms with Gasteiger partial charge in [0.15, 0.2) is 5.13 Å². The minimum absolute atomic E-state index is 0. The Bertz CT molecular complexity index is 1480. The van der Waals surface area contributed by atoms with Crippen LogP contribution in [0.3, 0.4) is 0 Å². The monoisotopic (exact) mass is 640 g/mol. The van der Waals surface area contributed by atoms with E-state index >= 15 is 0 Å². The first-order valence-corrected chi connectivity index (χ1v) is 15.9. The number of halogens is 3. The van der Waals surface area contributed by atoms with Crippen LogP contribution in [0, 0.1) is 11.6 Å². The van der Waals surface area contributed by atoms with Gasteiger partial charge in [0.2, 0.25) is 15.8 Å². The molecule has 2 aromatic carbocycles. The summed E-state index contributed by atoms with van der Waals surface area (Å²) >= 11 is 0.922. The molecule has 2 unspecified atom stereocenters. The van der Waals surface area contributed by atoms with Crippen LogP contribution in [0.1, 0.15) is 47.5 Å². The SMILES string of the molecule is CC1CN(Cc2ccc(S(=O)(=O)N3CCC(Nc4nc(N)c(C(=O)c5c(F)cccc5F)s4)CC3)cc2)CC(C)N1.Cl. The lowest BCUT2D eigenvalue weighted by molar-refractivity contribution is 0.103. The third-order valence-corrected chi connectivity index (χ3v) is 10.3. The number of rotatable bonds is 8. The first-order chi connectivity index (χ1) is 19.5. The maximum Gasteiger partial charge on any atom is 0.243 e. The van der Waals surface area contributed by atoms with Gasteiger partial charge in [-0.25, -0.2) is 22.2 Å². The van der Waals surface area contributed by atoms with Crippen molar-refractivity contribution in [2.24, 2.45) is 0 Å². The molecule has 2 fully saturated rings. The lowest BCUT2D eigenvalue weighted by atomic mass is 10.1. The van der Waals surface area contributed by atoms with E-state index in [-0.39, 0.29) is 34.0 Å². The highest BCUT2D eigenvalue weighted by molar-refractivity contribution is 7.89. The molecule has 2 saturated heterocycles. The van der Waals surface area contributed by atoms with Crippen LogP contribution in [0.4, 0.5) is 19.7 Å². The molecule has 0 radical (unpaired) electrons. The predicted molar refractivity (Wildman–Crippen MR) is 163 cm³/mol. The molecule has 0 bridgehead atoms. The number of piperidine rings is 1. The normalized spacial score (nSPS) is 20.7. The second-order valence-electron chi connectivity index (χ2n) is 10.8. The van der Waals surface area contributed by atoms with Crippen LogP contribution in [-0.4, -0.2) is 72.7 Å². The summed E-state index contributed by atoms with van der Waals surface area (Å²) in [6.45, 7) is 7.62. The maximum absolute atomic E-state index is 14.1. The van der Waals surface area contributed by atoms with E-state index in [4.69, 9.17) is 5.73 Å². The van der Waals surface area contributed by atoms with Crippen LogP contribution in [-0.2, 0) is 16.6 Å². The summed E-state index contributed by atoms with van der Waals surface area (Å²) < 4.78 is 56.3. The number of sulfonamides is 1. The Kier molecular flexibility index (Phi) is 10.2. The van der Waals surface area contributed by atoms with E-state index in [0.29, 0.717) is 43.1 Å². The third-order valence-electron chi connectivity index (χ3n) is 7.43. The maximum atomic E-state index is 14.1. The zero-order valence-corrected chi connectivity index (χ0v) is 25.8. The number of aromatic nitrogens is 1. The molecular weight excluding hydrogens is 606 g/mol. The van der Waals surface area contributed by atoms with Gasteiger partial charge < -0.3 is 16.4 Å². The number of nitrogens with two attached hydrogens (primary N) is 1. The Labute approximate surface area is 255 Å². The van der Waals surface area contributed by atoms with Crippen molar-refractivity contribution in [2.45, 2.75) is 56.3 Å². The number of nitrogens with zero attached hydrogens (tertiary/aromatic N) is 3. The number of ketones is 1. The van der Waals surface area contributed by atoms with Gasteiger partial charge in [-0.3, -0.25) is 9.69 Å². The molecule has 1 aromatic heterocycles. The van der Waals surface area contributed by atoms with Crippen molar-refractivity contribution in [2.75, 3.05) is 37.2 Å². The Morgan fingerprint density at radius 2 is 1.67 bits per heavy atom. The van der Waals surface area contributed by atoms with Crippen LogP contribution in [0.15, 0.2) is 47.4 Å². The number of hydrogen-bond acceptors (Lipinski definition) is 9. The summed E-state index contributed by atoms with van der Waals surface area (Å²) in [7, 11) is -3.65. The van der Waals surface area contributed by atoms with Crippen molar-refractivity contribution in [3.8, 4) is 0 Å². The quantitative estimate of drug-likeness (QED) is 0.315. The second-order valence-corrected chi connectivity index (χ2v) is 13.7. The smallest absolute Gasteiger partial charge is 0.243 e. The molecule has 5 rings (SSSR count). The molecule has 0 aliphatic carbocycles. The molecule has 14 heteroatoms. The van der Waals surface area contributed by atoms with Crippen molar-refractivity contribution in [1.29, 1.82) is 0 Å². The van der Waals surface area contributed by atoms with Crippen molar-refractivity contribution >= 4 is 50.5 Å². The molecule has 228 valence electrons. The summed E-state index contributed by atoms with van der Waals surface area (Å²) in [5.41, 5.74) is 6.31. The number of anilines is 2. The minimum atomic E-state index is -3.65. The number of nitrogen functional groups attached to an aromatic ring is 1. The number of thiazole rings is 1. The van der Waals surface area contributed by atoms with Crippen molar-refractivity contribution in [3.05, 3.63) is 70.1 Å². The van der Waals surface area contributed by atoms with Gasteiger partial charge in [0, 0.05) is 50.8 Å². The summed E-state index contributed by atoms with van der Waals surface area (Å²) in [6.07, 6.45) is 1.03. The molecular formula is C28H35ClF2N6O3S2. The summed E-state index contributed by atoms with van der Waals surface area (Å²) in [6, 6.07) is 11.1. The van der Waals surface area contributed by atoms with E-state index in [2.05, 4.69) is 34.4 Å². The van der Waals surface area contributed by atoms with Gasteiger partial charge in [-0.05, 0) is 56.5 Å². The molecule has 0 spiro atoms. The van der Waals surface area contributed by atoms with Crippen molar-refractivity contribution in [3.63, 3.8) is 0 Å². The van der Waals surface area contributed by atoms with Gasteiger partial charge in [0.05, 0.1) is 10.5 Å². The predicted octanol–water partition coefficient (Wildman–Crippen LogP) is 4.10. The fraction of sp³-hybridized carbons (Fsp3) is 0.429. The molecule has 2 aliphatic rings. The molecule has 9 nitrogen and oxygen atoms in total. The summed E-state index contributed by atoms with van der Waals surface area (Å²) in [5, 5.41) is 7.06. The standard InChI is InChI=1S/C28H34F2N6O3S2.ClH/c1-17-14-35(15-18(2)32-17)16-19-6-8-21(9-7-19)41(38,39)36-12-10-20(11-13-36)33-28-34-27(31)26(40-28)25(37)24-22(29)4-3-5-23(24)30;/h3-9,17-18,20,32H,10-16,31H2,1-2H3,(H,33,34);1H. The summed E-state index contributed by atoms with van der Waals surface area (Å²) in [4.78, 5) is 19.5. The number of piperazine rings is 1. The van der Waals surface area contributed by atoms with Crippen LogP contribution in [0.5, 0.6) is 0 Å². The number of carbonyl (C=O) groups excluding carboxylic acids is 1. The molecule has 3 aromatic rings. The number of carbonyl (C=O) groups is 1. The van der Waals surface area contributed by atoms with Crippen LogP contribution >= 0.6 is 23.7 Å². The highest BCUT2D eigenvalue weighted by Crippen LogP contribution is 2.31. The first-order valence-electron chi connectivity index (χ1n) is 13.6. The van der Waals surface area contributed by atoms with Gasteiger partial charge in [-0.15, -0.1) is 12.4 Å². The Balaban J connectivity index is 0.00000405.